The van der Waals surface area contributed by atoms with Gasteiger partial charge in [0, 0.05) is 17.0 Å². The van der Waals surface area contributed by atoms with Gasteiger partial charge in [-0.25, -0.2) is 0 Å². The van der Waals surface area contributed by atoms with Crippen LogP contribution in [0.2, 0.25) is 0 Å². The van der Waals surface area contributed by atoms with Crippen LogP contribution >= 0.6 is 0 Å². The average molecular weight is 383 g/mol. The van der Waals surface area contributed by atoms with Crippen LogP contribution in [-0.2, 0) is 0 Å². The lowest BCUT2D eigenvalue weighted by Crippen LogP contribution is -2.17. The lowest BCUT2D eigenvalue weighted by Gasteiger charge is -2.22. The van der Waals surface area contributed by atoms with E-state index >= 15 is 0 Å². The number of Topliss-reactive ketones (excluding diaryl/α,β-unsaturated/α-hetero) is 1. The first-order chi connectivity index (χ1) is 13.6. The van der Waals surface area contributed by atoms with E-state index in [0.717, 1.165) is 12.8 Å². The molecule has 28 heavy (non-hydrogen) atoms. The fourth-order valence-corrected chi connectivity index (χ4v) is 3.53. The molecule has 2 aromatic carbocycles. The summed E-state index contributed by atoms with van der Waals surface area (Å²) in [5.41, 5.74) is 1.01. The van der Waals surface area contributed by atoms with Gasteiger partial charge in [0.05, 0.1) is 16.6 Å². The zero-order valence-corrected chi connectivity index (χ0v) is 14.9. The number of ketones is 1. The zero-order chi connectivity index (χ0) is 19.3. The molecule has 144 valence electrons. The van der Waals surface area contributed by atoms with Gasteiger partial charge in [-0.3, -0.25) is 14.9 Å². The highest BCUT2D eigenvalue weighted by Gasteiger charge is 2.35. The van der Waals surface area contributed by atoms with Crippen LogP contribution in [0.25, 0.3) is 11.1 Å². The minimum absolute atomic E-state index is 0.0313. The summed E-state index contributed by atoms with van der Waals surface area (Å²) in [6.45, 7) is 1.47. The number of rotatable bonds is 4. The summed E-state index contributed by atoms with van der Waals surface area (Å²) in [6.07, 6.45) is 1.66. The Hall–Kier alpha value is -3.29. The molecule has 0 saturated heterocycles. The second kappa shape index (κ2) is 6.40. The number of hydrogen-bond acceptors (Lipinski definition) is 7. The molecule has 0 amide bonds. The Morgan fingerprint density at radius 3 is 1.86 bits per heavy atom. The summed E-state index contributed by atoms with van der Waals surface area (Å²) in [5.74, 6) is 1.63. The predicted octanol–water partition coefficient (Wildman–Crippen LogP) is 3.40. The van der Waals surface area contributed by atoms with Crippen molar-refractivity contribution >= 4 is 11.5 Å². The first-order valence-corrected chi connectivity index (χ1v) is 9.18. The molecule has 1 saturated carbocycles. The van der Waals surface area contributed by atoms with Gasteiger partial charge in [-0.2, -0.15) is 0 Å². The van der Waals surface area contributed by atoms with Gasteiger partial charge >= 0.3 is 0 Å². The van der Waals surface area contributed by atoms with Crippen LogP contribution in [0.4, 0.5) is 5.69 Å². The Labute approximate surface area is 160 Å². The van der Waals surface area contributed by atoms with Gasteiger partial charge in [0.2, 0.25) is 0 Å². The summed E-state index contributed by atoms with van der Waals surface area (Å²) < 4.78 is 22.4. The molecule has 0 aromatic heterocycles. The van der Waals surface area contributed by atoms with Gasteiger partial charge in [-0.05, 0) is 31.0 Å². The Kier molecular flexibility index (Phi) is 3.85. The van der Waals surface area contributed by atoms with Crippen molar-refractivity contribution in [1.82, 2.24) is 0 Å². The van der Waals surface area contributed by atoms with Gasteiger partial charge < -0.3 is 18.9 Å². The van der Waals surface area contributed by atoms with Crippen molar-refractivity contribution in [3.05, 3.63) is 39.9 Å². The maximum absolute atomic E-state index is 12.9. The van der Waals surface area contributed by atoms with E-state index in [-0.39, 0.29) is 17.4 Å². The van der Waals surface area contributed by atoms with E-state index in [2.05, 4.69) is 0 Å². The minimum atomic E-state index is -0.476. The van der Waals surface area contributed by atoms with Crippen LogP contribution < -0.4 is 18.9 Å². The minimum Gasteiger partial charge on any atom is -0.486 e. The standard InChI is InChI=1S/C20H17NO7/c22-20(11-1-2-11)14-9-18-16(25-3-4-27-18)7-12(14)13-8-17-19(28-6-5-26-17)10-15(13)21(23)24/h7-11H,1-6H2. The molecule has 1 aliphatic carbocycles. The van der Waals surface area contributed by atoms with Gasteiger partial charge in [0.25, 0.3) is 5.69 Å². The van der Waals surface area contributed by atoms with Crippen molar-refractivity contribution in [2.75, 3.05) is 26.4 Å². The van der Waals surface area contributed by atoms with Crippen molar-refractivity contribution in [2.45, 2.75) is 12.8 Å². The van der Waals surface area contributed by atoms with E-state index in [9.17, 15) is 14.9 Å². The average Bonchev–Trinajstić information content (AvgIpc) is 3.56. The molecule has 0 spiro atoms. The molecule has 0 atom stereocenters. The van der Waals surface area contributed by atoms with E-state index in [1.807, 2.05) is 0 Å². The van der Waals surface area contributed by atoms with Crippen molar-refractivity contribution in [3.63, 3.8) is 0 Å². The Balaban J connectivity index is 1.73. The third-order valence-electron chi connectivity index (χ3n) is 5.04. The van der Waals surface area contributed by atoms with Crippen LogP contribution in [0.1, 0.15) is 23.2 Å². The maximum atomic E-state index is 12.9. The SMILES string of the molecule is O=C(c1cc2c(cc1-c1cc3c(cc1[N+](=O)[O-])OCCO3)OCCO2)C1CC1. The van der Waals surface area contributed by atoms with Gasteiger partial charge in [0.1, 0.15) is 26.4 Å². The molecular formula is C20H17NO7. The van der Waals surface area contributed by atoms with Crippen molar-refractivity contribution in [2.24, 2.45) is 5.92 Å². The lowest BCUT2D eigenvalue weighted by molar-refractivity contribution is -0.384. The lowest BCUT2D eigenvalue weighted by atomic mass is 9.93. The quantitative estimate of drug-likeness (QED) is 0.453. The number of carbonyl (C=O) groups is 1. The fourth-order valence-electron chi connectivity index (χ4n) is 3.53. The largest absolute Gasteiger partial charge is 0.486 e. The van der Waals surface area contributed by atoms with Crippen LogP contribution in [0.3, 0.4) is 0 Å². The Morgan fingerprint density at radius 2 is 1.32 bits per heavy atom. The number of carbonyl (C=O) groups excluding carboxylic acids is 1. The second-order valence-electron chi connectivity index (χ2n) is 6.95. The smallest absolute Gasteiger partial charge is 0.281 e. The van der Waals surface area contributed by atoms with E-state index in [0.29, 0.717) is 66.1 Å². The van der Waals surface area contributed by atoms with E-state index < -0.39 is 4.92 Å². The normalized spacial score (nSPS) is 17.1. The van der Waals surface area contributed by atoms with E-state index in [1.54, 1.807) is 18.2 Å². The number of benzene rings is 2. The molecule has 2 heterocycles. The highest BCUT2D eigenvalue weighted by molar-refractivity contribution is 6.06. The summed E-state index contributed by atoms with van der Waals surface area (Å²) in [6, 6.07) is 6.22. The fraction of sp³-hybridized carbons (Fsp3) is 0.350. The third kappa shape index (κ3) is 2.81. The van der Waals surface area contributed by atoms with Gasteiger partial charge in [-0.15, -0.1) is 0 Å². The van der Waals surface area contributed by atoms with Crippen molar-refractivity contribution < 1.29 is 28.7 Å². The first kappa shape index (κ1) is 16.9. The van der Waals surface area contributed by atoms with Crippen molar-refractivity contribution in [1.29, 1.82) is 0 Å². The molecule has 0 unspecified atom stereocenters. The summed E-state index contributed by atoms with van der Waals surface area (Å²) in [7, 11) is 0. The molecule has 2 aromatic rings. The number of nitro benzene ring substituents is 1. The van der Waals surface area contributed by atoms with Crippen LogP contribution in [0.15, 0.2) is 24.3 Å². The van der Waals surface area contributed by atoms with Crippen molar-refractivity contribution in [3.8, 4) is 34.1 Å². The maximum Gasteiger partial charge on any atom is 0.281 e. The molecular weight excluding hydrogens is 366 g/mol. The topological polar surface area (TPSA) is 97.1 Å². The highest BCUT2D eigenvalue weighted by atomic mass is 16.6. The summed E-state index contributed by atoms with van der Waals surface area (Å²) >= 11 is 0. The number of nitro groups is 1. The van der Waals surface area contributed by atoms with Gasteiger partial charge in [0.15, 0.2) is 28.8 Å². The zero-order valence-electron chi connectivity index (χ0n) is 14.9. The number of hydrogen-bond donors (Lipinski definition) is 0. The number of fused-ring (bicyclic) bond motifs is 2. The van der Waals surface area contributed by atoms with Crippen LogP contribution in [0, 0.1) is 16.0 Å². The molecule has 3 aliphatic rings. The molecule has 8 nitrogen and oxygen atoms in total. The van der Waals surface area contributed by atoms with Gasteiger partial charge in [-0.1, -0.05) is 0 Å². The molecule has 8 heteroatoms. The highest BCUT2D eigenvalue weighted by Crippen LogP contribution is 2.47. The molecule has 0 N–H and O–H groups in total. The summed E-state index contributed by atoms with van der Waals surface area (Å²) in [4.78, 5) is 24.2. The number of nitrogens with zero attached hydrogens (tertiary/aromatic N) is 1. The van der Waals surface area contributed by atoms with Crippen LogP contribution in [-0.4, -0.2) is 37.1 Å². The first-order valence-electron chi connectivity index (χ1n) is 9.18. The van der Waals surface area contributed by atoms with E-state index in [1.165, 1.54) is 6.07 Å². The molecule has 0 radical (unpaired) electrons. The Morgan fingerprint density at radius 1 is 0.821 bits per heavy atom. The second-order valence-corrected chi connectivity index (χ2v) is 6.95. The van der Waals surface area contributed by atoms with Crippen LogP contribution in [0.5, 0.6) is 23.0 Å². The molecule has 1 fully saturated rings. The third-order valence-corrected chi connectivity index (χ3v) is 5.04. The predicted molar refractivity (Wildman–Crippen MR) is 97.6 cm³/mol. The van der Waals surface area contributed by atoms with E-state index in [4.69, 9.17) is 18.9 Å². The monoisotopic (exact) mass is 383 g/mol. The molecule has 0 bridgehead atoms. The number of ether oxygens (including phenoxy) is 4. The summed E-state index contributed by atoms with van der Waals surface area (Å²) in [5, 5.41) is 11.8. The molecule has 2 aliphatic heterocycles. The Bertz CT molecular complexity index is 997. The molecule has 5 rings (SSSR count).